The molecule has 1 heterocycles. The Bertz CT molecular complexity index is 2880. The molecule has 0 bridgehead atoms. The van der Waals surface area contributed by atoms with Gasteiger partial charge in [-0.15, -0.1) is 11.3 Å². The van der Waals surface area contributed by atoms with Gasteiger partial charge in [-0.2, -0.15) is 0 Å². The van der Waals surface area contributed by atoms with Gasteiger partial charge in [-0.1, -0.05) is 158 Å². The Morgan fingerprint density at radius 2 is 0.960 bits per heavy atom. The normalized spacial score (nSPS) is 11.6. The molecule has 0 N–H and O–H groups in total. The maximum atomic E-state index is 2.50. The maximum absolute atomic E-state index is 2.50. The van der Waals surface area contributed by atoms with Gasteiger partial charge in [-0.05, 0) is 79.5 Å². The summed E-state index contributed by atoms with van der Waals surface area (Å²) in [5.41, 5.74) is 8.37. The Kier molecular flexibility index (Phi) is 6.75. The Hall–Kier alpha value is -6.22. The highest BCUT2D eigenvalue weighted by atomic mass is 32.1. The molecule has 0 unspecified atom stereocenters. The number of thiophene rings is 1. The summed E-state index contributed by atoms with van der Waals surface area (Å²) in [7, 11) is 0. The van der Waals surface area contributed by atoms with E-state index in [1.807, 2.05) is 11.3 Å². The van der Waals surface area contributed by atoms with Gasteiger partial charge in [0.2, 0.25) is 0 Å². The van der Waals surface area contributed by atoms with Crippen molar-refractivity contribution in [2.24, 2.45) is 0 Å². The van der Waals surface area contributed by atoms with E-state index >= 15 is 0 Å². The zero-order valence-electron chi connectivity index (χ0n) is 27.3. The van der Waals surface area contributed by atoms with Crippen molar-refractivity contribution < 1.29 is 0 Å². The zero-order chi connectivity index (χ0) is 33.0. The fraction of sp³-hybridized carbons (Fsp3) is 0. The van der Waals surface area contributed by atoms with E-state index in [0.29, 0.717) is 0 Å². The van der Waals surface area contributed by atoms with Crippen LogP contribution in [0.2, 0.25) is 0 Å². The minimum Gasteiger partial charge on any atom is -0.308 e. The number of hydrogen-bond donors (Lipinski definition) is 0. The Morgan fingerprint density at radius 3 is 1.80 bits per heavy atom. The number of anilines is 3. The first-order valence-corrected chi connectivity index (χ1v) is 17.9. The number of benzene rings is 9. The third kappa shape index (κ3) is 4.61. The second-order valence-electron chi connectivity index (χ2n) is 12.9. The summed E-state index contributed by atoms with van der Waals surface area (Å²) in [6.45, 7) is 0. The minimum absolute atomic E-state index is 1.13. The highest BCUT2D eigenvalue weighted by Gasteiger charge is 2.22. The predicted octanol–water partition coefficient (Wildman–Crippen LogP) is 14.3. The van der Waals surface area contributed by atoms with Crippen molar-refractivity contribution in [2.45, 2.75) is 0 Å². The lowest BCUT2D eigenvalue weighted by Gasteiger charge is -2.28. The molecule has 0 atom stereocenters. The predicted molar refractivity (Wildman–Crippen MR) is 217 cm³/mol. The van der Waals surface area contributed by atoms with Crippen molar-refractivity contribution in [3.05, 3.63) is 188 Å². The molecule has 1 nitrogen and oxygen atoms in total. The van der Waals surface area contributed by atoms with Crippen molar-refractivity contribution in [3.8, 4) is 22.3 Å². The molecule has 10 aromatic rings. The van der Waals surface area contributed by atoms with Crippen LogP contribution in [-0.4, -0.2) is 0 Å². The van der Waals surface area contributed by atoms with E-state index in [0.717, 1.165) is 5.69 Å². The number of rotatable bonds is 5. The van der Waals surface area contributed by atoms with Crippen LogP contribution in [-0.2, 0) is 0 Å². The van der Waals surface area contributed by atoms with Gasteiger partial charge in [0.1, 0.15) is 0 Å². The molecule has 2 heteroatoms. The highest BCUT2D eigenvalue weighted by Crippen LogP contribution is 2.48. The highest BCUT2D eigenvalue weighted by molar-refractivity contribution is 7.26. The Balaban J connectivity index is 1.27. The van der Waals surface area contributed by atoms with E-state index in [9.17, 15) is 0 Å². The van der Waals surface area contributed by atoms with Crippen LogP contribution in [0.4, 0.5) is 17.1 Å². The molecule has 10 rings (SSSR count). The van der Waals surface area contributed by atoms with Crippen molar-refractivity contribution in [1.82, 2.24) is 0 Å². The summed E-state index contributed by atoms with van der Waals surface area (Å²) in [5.74, 6) is 0. The lowest BCUT2D eigenvalue weighted by atomic mass is 9.91. The monoisotopic (exact) mass is 653 g/mol. The smallest absolute Gasteiger partial charge is 0.0640 e. The van der Waals surface area contributed by atoms with Gasteiger partial charge < -0.3 is 4.90 Å². The molecule has 0 amide bonds. The Labute approximate surface area is 294 Å². The third-order valence-electron chi connectivity index (χ3n) is 10.0. The zero-order valence-corrected chi connectivity index (χ0v) is 28.1. The van der Waals surface area contributed by atoms with Crippen molar-refractivity contribution in [1.29, 1.82) is 0 Å². The van der Waals surface area contributed by atoms with Gasteiger partial charge in [0, 0.05) is 26.5 Å². The molecule has 0 aliphatic carbocycles. The molecular weight excluding hydrogens is 623 g/mol. The Morgan fingerprint density at radius 1 is 0.360 bits per heavy atom. The van der Waals surface area contributed by atoms with Crippen LogP contribution in [0, 0.1) is 0 Å². The van der Waals surface area contributed by atoms with Gasteiger partial charge in [0.25, 0.3) is 0 Å². The first-order chi connectivity index (χ1) is 24.8. The lowest BCUT2D eigenvalue weighted by molar-refractivity contribution is 1.32. The summed E-state index contributed by atoms with van der Waals surface area (Å²) in [5, 5.41) is 10.1. The van der Waals surface area contributed by atoms with E-state index in [2.05, 4.69) is 193 Å². The molecule has 0 spiro atoms. The van der Waals surface area contributed by atoms with E-state index in [1.165, 1.54) is 86.1 Å². The van der Waals surface area contributed by atoms with Crippen molar-refractivity contribution >= 4 is 80.9 Å². The fourth-order valence-electron chi connectivity index (χ4n) is 7.79. The second kappa shape index (κ2) is 11.7. The maximum Gasteiger partial charge on any atom is 0.0640 e. The quantitative estimate of drug-likeness (QED) is 0.167. The number of hydrogen-bond acceptors (Lipinski definition) is 2. The molecule has 0 saturated heterocycles. The summed E-state index contributed by atoms with van der Waals surface area (Å²) >= 11 is 1.88. The molecule has 0 saturated carbocycles. The summed E-state index contributed by atoms with van der Waals surface area (Å²) < 4.78 is 2.59. The first kappa shape index (κ1) is 28.8. The van der Waals surface area contributed by atoms with Gasteiger partial charge >= 0.3 is 0 Å². The standard InChI is InChI=1S/C48H31NS/c1-2-14-32(15-3-1)38-25-11-17-33-18-12-26-39(47(33)38)34-19-10-20-36(30-34)49(44-28-13-27-43-42-24-8-9-29-46(42)50-48(43)44)45-31-35-16-4-5-21-37(35)40-22-6-7-23-41(40)45/h1-31H. The molecule has 50 heavy (non-hydrogen) atoms. The largest absolute Gasteiger partial charge is 0.308 e. The first-order valence-electron chi connectivity index (χ1n) is 17.1. The molecule has 0 radical (unpaired) electrons. The summed E-state index contributed by atoms with van der Waals surface area (Å²) in [6, 6.07) is 68.8. The minimum atomic E-state index is 1.13. The second-order valence-corrected chi connectivity index (χ2v) is 13.9. The fourth-order valence-corrected chi connectivity index (χ4v) is 8.99. The van der Waals surface area contributed by atoms with Gasteiger partial charge in [0.15, 0.2) is 0 Å². The SMILES string of the molecule is c1ccc(-c2cccc3cccc(-c4cccc(N(c5cc6ccccc6c6ccccc56)c5cccc6c5sc5ccccc56)c4)c23)cc1. The van der Waals surface area contributed by atoms with Crippen LogP contribution in [0.25, 0.3) is 74.7 Å². The summed E-state index contributed by atoms with van der Waals surface area (Å²) in [6.07, 6.45) is 0. The lowest BCUT2D eigenvalue weighted by Crippen LogP contribution is -2.11. The van der Waals surface area contributed by atoms with Crippen molar-refractivity contribution in [2.75, 3.05) is 4.90 Å². The molecular formula is C48H31NS. The van der Waals surface area contributed by atoms with Crippen molar-refractivity contribution in [3.63, 3.8) is 0 Å². The van der Waals surface area contributed by atoms with Crippen LogP contribution < -0.4 is 4.90 Å². The average Bonchev–Trinajstić information content (AvgIpc) is 3.58. The van der Waals surface area contributed by atoms with Crippen LogP contribution >= 0.6 is 11.3 Å². The van der Waals surface area contributed by atoms with Crippen LogP contribution in [0.3, 0.4) is 0 Å². The topological polar surface area (TPSA) is 3.24 Å². The third-order valence-corrected chi connectivity index (χ3v) is 11.2. The van der Waals surface area contributed by atoms with Gasteiger partial charge in [-0.3, -0.25) is 0 Å². The van der Waals surface area contributed by atoms with Gasteiger partial charge in [-0.25, -0.2) is 0 Å². The van der Waals surface area contributed by atoms with Crippen LogP contribution in [0.15, 0.2) is 188 Å². The molecule has 1 aromatic heterocycles. The molecule has 9 aromatic carbocycles. The molecule has 0 aliphatic heterocycles. The average molecular weight is 654 g/mol. The number of nitrogens with zero attached hydrogens (tertiary/aromatic N) is 1. The van der Waals surface area contributed by atoms with E-state index in [-0.39, 0.29) is 0 Å². The van der Waals surface area contributed by atoms with E-state index < -0.39 is 0 Å². The summed E-state index contributed by atoms with van der Waals surface area (Å²) in [4.78, 5) is 2.50. The van der Waals surface area contributed by atoms with E-state index in [1.54, 1.807) is 0 Å². The number of fused-ring (bicyclic) bond motifs is 7. The molecule has 0 fully saturated rings. The molecule has 234 valence electrons. The molecule has 0 aliphatic rings. The van der Waals surface area contributed by atoms with E-state index in [4.69, 9.17) is 0 Å². The van der Waals surface area contributed by atoms with Gasteiger partial charge in [0.05, 0.1) is 16.1 Å². The van der Waals surface area contributed by atoms with Crippen LogP contribution in [0.1, 0.15) is 0 Å². The van der Waals surface area contributed by atoms with Crippen LogP contribution in [0.5, 0.6) is 0 Å².